The molecule has 1 aromatic heterocycles. The van der Waals surface area contributed by atoms with Crippen LogP contribution in [0.2, 0.25) is 0 Å². The highest BCUT2D eigenvalue weighted by molar-refractivity contribution is 5.76. The van der Waals surface area contributed by atoms with Crippen molar-refractivity contribution in [1.82, 2.24) is 30.0 Å². The van der Waals surface area contributed by atoms with Gasteiger partial charge < -0.3 is 4.90 Å². The number of aromatic nitrogens is 4. The van der Waals surface area contributed by atoms with Crippen molar-refractivity contribution in [3.63, 3.8) is 0 Å². The molecule has 9 heteroatoms. The maximum Gasteiger partial charge on any atom is 0.222 e. The number of carbonyl (C=O) groups excluding carboxylic acids is 1. The van der Waals surface area contributed by atoms with Crippen LogP contribution < -0.4 is 0 Å². The molecular weight excluding hydrogens is 378 g/mol. The van der Waals surface area contributed by atoms with Gasteiger partial charge in [0.2, 0.25) is 5.91 Å². The minimum atomic E-state index is -0.936. The highest BCUT2D eigenvalue weighted by atomic mass is 19.2. The summed E-state index contributed by atoms with van der Waals surface area (Å²) < 4.78 is 28.2. The zero-order chi connectivity index (χ0) is 20.2. The number of benzene rings is 1. The summed E-state index contributed by atoms with van der Waals surface area (Å²) in [6, 6.07) is 3.59. The van der Waals surface area contributed by atoms with Crippen molar-refractivity contribution < 1.29 is 13.6 Å². The lowest BCUT2D eigenvalue weighted by Crippen LogP contribution is -2.48. The van der Waals surface area contributed by atoms with E-state index < -0.39 is 11.6 Å². The van der Waals surface area contributed by atoms with E-state index in [1.54, 1.807) is 0 Å². The van der Waals surface area contributed by atoms with E-state index in [0.29, 0.717) is 43.5 Å². The summed E-state index contributed by atoms with van der Waals surface area (Å²) in [6.45, 7) is 3.34. The Balaban J connectivity index is 1.31. The average Bonchev–Trinajstić information content (AvgIpc) is 3.19. The number of halogens is 2. The van der Waals surface area contributed by atoms with E-state index in [4.69, 9.17) is 0 Å². The molecule has 0 bridgehead atoms. The zero-order valence-electron chi connectivity index (χ0n) is 16.4. The summed E-state index contributed by atoms with van der Waals surface area (Å²) in [5.41, 5.74) is 0.380. The molecule has 2 aromatic rings. The van der Waals surface area contributed by atoms with E-state index in [9.17, 15) is 13.6 Å². The van der Waals surface area contributed by atoms with Crippen LogP contribution in [-0.4, -0.2) is 62.1 Å². The van der Waals surface area contributed by atoms with Crippen LogP contribution in [0.3, 0.4) is 0 Å². The first-order valence-corrected chi connectivity index (χ1v) is 10.3. The number of rotatable bonds is 5. The van der Waals surface area contributed by atoms with Gasteiger partial charge in [0.1, 0.15) is 0 Å². The third-order valence-electron chi connectivity index (χ3n) is 5.96. The number of carbonyl (C=O) groups is 1. The molecule has 0 atom stereocenters. The summed E-state index contributed by atoms with van der Waals surface area (Å²) in [7, 11) is 0. The average molecular weight is 404 g/mol. The Labute approximate surface area is 168 Å². The molecule has 1 saturated heterocycles. The molecule has 4 rings (SSSR count). The fourth-order valence-electron chi connectivity index (χ4n) is 4.24. The van der Waals surface area contributed by atoms with Gasteiger partial charge in [-0.2, -0.15) is 4.68 Å². The standard InChI is InChI=1S/C20H26F2N6O/c21-17-7-6-16(13-18(17)22)28-19(23-24-25-28)14-26-8-10-27(11-9-26)20(29)12-15-4-2-1-3-5-15/h6-7,13,15H,1-5,8-12,14H2. The zero-order valence-corrected chi connectivity index (χ0v) is 16.4. The van der Waals surface area contributed by atoms with E-state index in [-0.39, 0.29) is 5.91 Å². The normalized spacial score (nSPS) is 18.9. The SMILES string of the molecule is O=C(CC1CCCCC1)N1CCN(Cc2nnnn2-c2ccc(F)c(F)c2)CC1. The predicted octanol–water partition coefficient (Wildman–Crippen LogP) is 2.56. The maximum atomic E-state index is 13.5. The Morgan fingerprint density at radius 3 is 2.52 bits per heavy atom. The van der Waals surface area contributed by atoms with Crippen LogP contribution in [0.15, 0.2) is 18.2 Å². The Kier molecular flexibility index (Phi) is 6.13. The van der Waals surface area contributed by atoms with Crippen molar-refractivity contribution in [2.75, 3.05) is 26.2 Å². The molecular formula is C20H26F2N6O. The van der Waals surface area contributed by atoms with Crippen LogP contribution in [0.5, 0.6) is 0 Å². The van der Waals surface area contributed by atoms with Gasteiger partial charge in [0.15, 0.2) is 17.5 Å². The number of tetrazole rings is 1. The molecule has 2 fully saturated rings. The Bertz CT molecular complexity index is 843. The van der Waals surface area contributed by atoms with Crippen LogP contribution in [0.4, 0.5) is 8.78 Å². The third kappa shape index (κ3) is 4.77. The third-order valence-corrected chi connectivity index (χ3v) is 5.96. The van der Waals surface area contributed by atoms with Gasteiger partial charge in [-0.3, -0.25) is 9.69 Å². The lowest BCUT2D eigenvalue weighted by molar-refractivity contribution is -0.134. The van der Waals surface area contributed by atoms with Crippen LogP contribution in [0, 0.1) is 17.6 Å². The largest absolute Gasteiger partial charge is 0.340 e. The van der Waals surface area contributed by atoms with Crippen molar-refractivity contribution in [1.29, 1.82) is 0 Å². The Morgan fingerprint density at radius 1 is 1.03 bits per heavy atom. The highest BCUT2D eigenvalue weighted by Gasteiger charge is 2.25. The predicted molar refractivity (Wildman–Crippen MR) is 102 cm³/mol. The number of nitrogens with zero attached hydrogens (tertiary/aromatic N) is 6. The molecule has 1 aliphatic carbocycles. The van der Waals surface area contributed by atoms with Gasteiger partial charge in [-0.05, 0) is 41.3 Å². The molecule has 2 heterocycles. The van der Waals surface area contributed by atoms with Gasteiger partial charge in [0, 0.05) is 38.7 Å². The Hall–Kier alpha value is -2.42. The summed E-state index contributed by atoms with van der Waals surface area (Å²) in [6.07, 6.45) is 6.83. The smallest absolute Gasteiger partial charge is 0.222 e. The number of hydrogen-bond donors (Lipinski definition) is 0. The monoisotopic (exact) mass is 404 g/mol. The molecule has 1 aliphatic heterocycles. The number of piperazine rings is 1. The van der Waals surface area contributed by atoms with Gasteiger partial charge in [0.25, 0.3) is 0 Å². The summed E-state index contributed by atoms with van der Waals surface area (Å²) >= 11 is 0. The molecule has 1 amide bonds. The van der Waals surface area contributed by atoms with Gasteiger partial charge in [-0.1, -0.05) is 19.3 Å². The van der Waals surface area contributed by atoms with Gasteiger partial charge in [0.05, 0.1) is 12.2 Å². The minimum absolute atomic E-state index is 0.267. The quantitative estimate of drug-likeness (QED) is 0.766. The van der Waals surface area contributed by atoms with Crippen molar-refractivity contribution in [2.24, 2.45) is 5.92 Å². The highest BCUT2D eigenvalue weighted by Crippen LogP contribution is 2.27. The molecule has 0 spiro atoms. The van der Waals surface area contributed by atoms with E-state index >= 15 is 0 Å². The van der Waals surface area contributed by atoms with Crippen molar-refractivity contribution in [2.45, 2.75) is 45.1 Å². The maximum absolute atomic E-state index is 13.5. The minimum Gasteiger partial charge on any atom is -0.340 e. The molecule has 1 aromatic carbocycles. The van der Waals surface area contributed by atoms with Gasteiger partial charge in [-0.25, -0.2) is 8.78 Å². The van der Waals surface area contributed by atoms with Crippen LogP contribution in [0.25, 0.3) is 5.69 Å². The Morgan fingerprint density at radius 2 is 1.79 bits per heavy atom. The van der Waals surface area contributed by atoms with Gasteiger partial charge >= 0.3 is 0 Å². The lowest BCUT2D eigenvalue weighted by Gasteiger charge is -2.35. The summed E-state index contributed by atoms with van der Waals surface area (Å²) in [5.74, 6) is -0.470. The molecule has 0 N–H and O–H groups in total. The fraction of sp³-hybridized carbons (Fsp3) is 0.600. The summed E-state index contributed by atoms with van der Waals surface area (Å²) in [4.78, 5) is 16.7. The molecule has 2 aliphatic rings. The molecule has 1 saturated carbocycles. The molecule has 29 heavy (non-hydrogen) atoms. The molecule has 156 valence electrons. The van der Waals surface area contributed by atoms with E-state index in [0.717, 1.165) is 25.2 Å². The number of amides is 1. The first-order chi connectivity index (χ1) is 14.1. The fourth-order valence-corrected chi connectivity index (χ4v) is 4.24. The number of hydrogen-bond acceptors (Lipinski definition) is 5. The van der Waals surface area contributed by atoms with Crippen molar-refractivity contribution in [3.8, 4) is 5.69 Å². The van der Waals surface area contributed by atoms with Crippen LogP contribution in [0.1, 0.15) is 44.3 Å². The van der Waals surface area contributed by atoms with Gasteiger partial charge in [-0.15, -0.1) is 5.10 Å². The van der Waals surface area contributed by atoms with E-state index in [1.807, 2.05) is 4.90 Å². The first-order valence-electron chi connectivity index (χ1n) is 10.3. The van der Waals surface area contributed by atoms with Crippen LogP contribution in [-0.2, 0) is 11.3 Å². The van der Waals surface area contributed by atoms with E-state index in [1.165, 1.54) is 42.9 Å². The second-order valence-corrected chi connectivity index (χ2v) is 7.97. The van der Waals surface area contributed by atoms with E-state index in [2.05, 4.69) is 20.4 Å². The molecule has 0 unspecified atom stereocenters. The van der Waals surface area contributed by atoms with Crippen molar-refractivity contribution in [3.05, 3.63) is 35.7 Å². The summed E-state index contributed by atoms with van der Waals surface area (Å²) in [5, 5.41) is 11.6. The molecule has 0 radical (unpaired) electrons. The topological polar surface area (TPSA) is 67.2 Å². The first kappa shape index (κ1) is 19.9. The van der Waals surface area contributed by atoms with Crippen molar-refractivity contribution >= 4 is 5.91 Å². The second kappa shape index (κ2) is 8.94. The molecule has 7 nitrogen and oxygen atoms in total. The lowest BCUT2D eigenvalue weighted by atomic mass is 9.86. The second-order valence-electron chi connectivity index (χ2n) is 7.97. The van der Waals surface area contributed by atoms with Crippen LogP contribution >= 0.6 is 0 Å².